The van der Waals surface area contributed by atoms with E-state index in [2.05, 4.69) is 10.4 Å². The summed E-state index contributed by atoms with van der Waals surface area (Å²) in [6.45, 7) is 10.5. The van der Waals surface area contributed by atoms with E-state index < -0.39 is 6.10 Å². The lowest BCUT2D eigenvalue weighted by atomic mass is 9.87. The van der Waals surface area contributed by atoms with Crippen LogP contribution in [0.25, 0.3) is 0 Å². The highest BCUT2D eigenvalue weighted by Crippen LogP contribution is 2.20. The fourth-order valence-corrected chi connectivity index (χ4v) is 1.81. The zero-order chi connectivity index (χ0) is 14.6. The van der Waals surface area contributed by atoms with E-state index in [0.717, 1.165) is 11.4 Å². The van der Waals surface area contributed by atoms with Gasteiger partial charge in [0.2, 0.25) is 5.91 Å². The first-order chi connectivity index (χ1) is 8.70. The summed E-state index contributed by atoms with van der Waals surface area (Å²) in [5.41, 5.74) is 1.73. The van der Waals surface area contributed by atoms with Gasteiger partial charge >= 0.3 is 0 Å². The van der Waals surface area contributed by atoms with Crippen LogP contribution in [0.4, 0.5) is 0 Å². The molecule has 1 amide bonds. The third-order valence-corrected chi connectivity index (χ3v) is 3.14. The molecule has 0 aliphatic carbocycles. The molecule has 0 bridgehead atoms. The van der Waals surface area contributed by atoms with Crippen LogP contribution in [0.1, 0.15) is 38.6 Å². The lowest BCUT2D eigenvalue weighted by Gasteiger charge is -2.25. The minimum Gasteiger partial charge on any atom is -0.393 e. The first kappa shape index (κ1) is 15.7. The van der Waals surface area contributed by atoms with Crippen molar-refractivity contribution in [1.29, 1.82) is 0 Å². The van der Waals surface area contributed by atoms with Gasteiger partial charge in [0.25, 0.3) is 0 Å². The summed E-state index contributed by atoms with van der Waals surface area (Å²) in [6, 6.07) is 1.94. The fraction of sp³-hybridized carbons (Fsp3) is 0.714. The molecule has 0 saturated heterocycles. The van der Waals surface area contributed by atoms with Crippen LogP contribution in [0.2, 0.25) is 0 Å². The van der Waals surface area contributed by atoms with E-state index in [-0.39, 0.29) is 17.9 Å². The number of aliphatic hydroxyl groups excluding tert-OH is 1. The van der Waals surface area contributed by atoms with Gasteiger partial charge in [-0.1, -0.05) is 20.8 Å². The quantitative estimate of drug-likeness (QED) is 0.847. The highest BCUT2D eigenvalue weighted by atomic mass is 16.3. The summed E-state index contributed by atoms with van der Waals surface area (Å²) < 4.78 is 1.69. The van der Waals surface area contributed by atoms with Crippen LogP contribution >= 0.6 is 0 Å². The van der Waals surface area contributed by atoms with Gasteiger partial charge in [0.15, 0.2) is 0 Å². The van der Waals surface area contributed by atoms with Gasteiger partial charge in [0, 0.05) is 12.2 Å². The predicted octanol–water partition coefficient (Wildman–Crippen LogP) is 1.41. The number of hydrogen-bond donors (Lipinski definition) is 2. The number of nitrogens with one attached hydrogen (secondary N) is 1. The van der Waals surface area contributed by atoms with Crippen molar-refractivity contribution >= 4 is 5.91 Å². The average Bonchev–Trinajstić information content (AvgIpc) is 2.55. The van der Waals surface area contributed by atoms with Gasteiger partial charge < -0.3 is 10.4 Å². The Hall–Kier alpha value is -1.36. The lowest BCUT2D eigenvalue weighted by Crippen LogP contribution is -2.34. The molecule has 19 heavy (non-hydrogen) atoms. The molecule has 1 rings (SSSR count). The van der Waals surface area contributed by atoms with E-state index in [1.807, 2.05) is 40.7 Å². The normalized spacial score (nSPS) is 13.4. The first-order valence-corrected chi connectivity index (χ1v) is 6.66. The van der Waals surface area contributed by atoms with Crippen LogP contribution in [0, 0.1) is 19.3 Å². The van der Waals surface area contributed by atoms with Gasteiger partial charge in [0.05, 0.1) is 11.8 Å². The molecule has 0 spiro atoms. The molecule has 1 heterocycles. The molecule has 2 N–H and O–H groups in total. The van der Waals surface area contributed by atoms with Crippen molar-refractivity contribution < 1.29 is 9.90 Å². The Balaban J connectivity index is 2.35. The molecule has 1 atom stereocenters. The van der Waals surface area contributed by atoms with Crippen LogP contribution in [0.3, 0.4) is 0 Å². The molecule has 1 aromatic heterocycles. The van der Waals surface area contributed by atoms with Crippen LogP contribution in [0.5, 0.6) is 0 Å². The second-order valence-electron chi connectivity index (χ2n) is 6.11. The van der Waals surface area contributed by atoms with E-state index in [4.69, 9.17) is 0 Å². The number of hydrogen-bond acceptors (Lipinski definition) is 3. The molecule has 0 radical (unpaired) electrons. The molecule has 1 unspecified atom stereocenters. The SMILES string of the molecule is Cc1cc(C)n(CC(=O)NCCC(O)C(C)(C)C)n1. The van der Waals surface area contributed by atoms with Crippen molar-refractivity contribution in [3.8, 4) is 0 Å². The van der Waals surface area contributed by atoms with Gasteiger partial charge in [0.1, 0.15) is 6.54 Å². The lowest BCUT2D eigenvalue weighted by molar-refractivity contribution is -0.122. The Kier molecular flexibility index (Phi) is 5.11. The number of amides is 1. The molecule has 5 heteroatoms. The van der Waals surface area contributed by atoms with Crippen LogP contribution in [0.15, 0.2) is 6.07 Å². The Labute approximate surface area is 115 Å². The second kappa shape index (κ2) is 6.19. The summed E-state index contributed by atoms with van der Waals surface area (Å²) in [6.07, 6.45) is 0.147. The molecule has 0 aliphatic heterocycles. The highest BCUT2D eigenvalue weighted by molar-refractivity contribution is 5.75. The molecule has 0 aromatic carbocycles. The zero-order valence-electron chi connectivity index (χ0n) is 12.5. The topological polar surface area (TPSA) is 67.2 Å². The maximum absolute atomic E-state index is 11.8. The Morgan fingerprint density at radius 1 is 1.47 bits per heavy atom. The van der Waals surface area contributed by atoms with Crippen molar-refractivity contribution in [2.75, 3.05) is 6.54 Å². The van der Waals surface area contributed by atoms with Crippen LogP contribution < -0.4 is 5.32 Å². The Morgan fingerprint density at radius 2 is 2.11 bits per heavy atom. The Morgan fingerprint density at radius 3 is 2.58 bits per heavy atom. The van der Waals surface area contributed by atoms with Crippen molar-refractivity contribution in [3.63, 3.8) is 0 Å². The number of carbonyl (C=O) groups excluding carboxylic acids is 1. The number of aromatic nitrogens is 2. The number of aliphatic hydroxyl groups is 1. The van der Waals surface area contributed by atoms with Gasteiger partial charge in [-0.2, -0.15) is 5.10 Å². The van der Waals surface area contributed by atoms with Gasteiger partial charge in [-0.25, -0.2) is 0 Å². The largest absolute Gasteiger partial charge is 0.393 e. The summed E-state index contributed by atoms with van der Waals surface area (Å²) in [7, 11) is 0. The van der Waals surface area contributed by atoms with Crippen LogP contribution in [-0.4, -0.2) is 33.4 Å². The molecular weight excluding hydrogens is 242 g/mol. The van der Waals surface area contributed by atoms with Crippen molar-refractivity contribution in [3.05, 3.63) is 17.5 Å². The number of rotatable bonds is 5. The fourth-order valence-electron chi connectivity index (χ4n) is 1.81. The van der Waals surface area contributed by atoms with E-state index in [9.17, 15) is 9.90 Å². The zero-order valence-corrected chi connectivity index (χ0v) is 12.5. The summed E-state index contributed by atoms with van der Waals surface area (Å²) >= 11 is 0. The van der Waals surface area contributed by atoms with Gasteiger partial charge in [-0.15, -0.1) is 0 Å². The number of carbonyl (C=O) groups is 1. The number of nitrogens with zero attached hydrogens (tertiary/aromatic N) is 2. The first-order valence-electron chi connectivity index (χ1n) is 6.66. The van der Waals surface area contributed by atoms with Crippen LogP contribution in [-0.2, 0) is 11.3 Å². The van der Waals surface area contributed by atoms with E-state index >= 15 is 0 Å². The minimum absolute atomic E-state index is 0.0766. The Bertz CT molecular complexity index is 432. The molecule has 5 nitrogen and oxygen atoms in total. The molecule has 1 aromatic rings. The van der Waals surface area contributed by atoms with Crippen molar-refractivity contribution in [1.82, 2.24) is 15.1 Å². The standard InChI is InChI=1S/C14H25N3O2/c1-10-8-11(2)17(16-10)9-13(19)15-7-6-12(18)14(3,4)5/h8,12,18H,6-7,9H2,1-5H3,(H,15,19). The summed E-state index contributed by atoms with van der Waals surface area (Å²) in [4.78, 5) is 11.8. The van der Waals surface area contributed by atoms with E-state index in [1.165, 1.54) is 0 Å². The maximum Gasteiger partial charge on any atom is 0.241 e. The molecule has 0 aliphatic rings. The van der Waals surface area contributed by atoms with E-state index in [0.29, 0.717) is 13.0 Å². The molecule has 0 fully saturated rings. The third kappa shape index (κ3) is 5.03. The summed E-state index contributed by atoms with van der Waals surface area (Å²) in [5.74, 6) is -0.0766. The molecule has 108 valence electrons. The molecular formula is C14H25N3O2. The summed E-state index contributed by atoms with van der Waals surface area (Å²) in [5, 5.41) is 16.9. The van der Waals surface area contributed by atoms with E-state index in [1.54, 1.807) is 4.68 Å². The maximum atomic E-state index is 11.8. The minimum atomic E-state index is -0.415. The smallest absolute Gasteiger partial charge is 0.241 e. The average molecular weight is 267 g/mol. The second-order valence-corrected chi connectivity index (χ2v) is 6.11. The predicted molar refractivity (Wildman–Crippen MR) is 74.8 cm³/mol. The van der Waals surface area contributed by atoms with Crippen molar-refractivity contribution in [2.45, 2.75) is 53.7 Å². The third-order valence-electron chi connectivity index (χ3n) is 3.14. The molecule has 0 saturated carbocycles. The van der Waals surface area contributed by atoms with Gasteiger partial charge in [-0.05, 0) is 31.7 Å². The highest BCUT2D eigenvalue weighted by Gasteiger charge is 2.21. The monoisotopic (exact) mass is 267 g/mol. The van der Waals surface area contributed by atoms with Crippen molar-refractivity contribution in [2.24, 2.45) is 5.41 Å². The van der Waals surface area contributed by atoms with Gasteiger partial charge in [-0.3, -0.25) is 9.48 Å². The number of aryl methyl sites for hydroxylation is 2.